The molecule has 1 heterocycles. The third-order valence-corrected chi connectivity index (χ3v) is 2.77. The van der Waals surface area contributed by atoms with Crippen LogP contribution >= 0.6 is 0 Å². The Morgan fingerprint density at radius 3 is 2.78 bits per heavy atom. The van der Waals surface area contributed by atoms with Crippen LogP contribution < -0.4 is 5.32 Å². The molecule has 2 nitrogen and oxygen atoms in total. The summed E-state index contributed by atoms with van der Waals surface area (Å²) in [4.78, 5) is 4.47. The van der Waals surface area contributed by atoms with Crippen molar-refractivity contribution in [2.75, 3.05) is 11.9 Å². The normalized spacial score (nSPS) is 10.4. The van der Waals surface area contributed by atoms with E-state index in [1.54, 1.807) is 13.0 Å². The minimum Gasteiger partial charge on any atom is -0.370 e. The van der Waals surface area contributed by atoms with Crippen molar-refractivity contribution < 1.29 is 4.39 Å². The molecule has 0 saturated carbocycles. The maximum atomic E-state index is 13.5. The molecule has 0 aliphatic rings. The predicted octanol–water partition coefficient (Wildman–Crippen LogP) is 4.02. The Labute approximate surface area is 107 Å². The van der Waals surface area contributed by atoms with Crippen LogP contribution in [0.1, 0.15) is 18.9 Å². The molecule has 94 valence electrons. The highest BCUT2D eigenvalue weighted by Crippen LogP contribution is 2.21. The monoisotopic (exact) mass is 244 g/mol. The molecule has 0 saturated heterocycles. The van der Waals surface area contributed by atoms with Gasteiger partial charge in [-0.25, -0.2) is 9.37 Å². The molecule has 0 fully saturated rings. The number of aromatic nitrogens is 1. The minimum absolute atomic E-state index is 0.193. The van der Waals surface area contributed by atoms with E-state index in [9.17, 15) is 4.39 Å². The summed E-state index contributed by atoms with van der Waals surface area (Å²) in [6.07, 6.45) is 1.05. The van der Waals surface area contributed by atoms with Gasteiger partial charge in [0.15, 0.2) is 0 Å². The van der Waals surface area contributed by atoms with Gasteiger partial charge in [-0.05, 0) is 37.1 Å². The van der Waals surface area contributed by atoms with Crippen LogP contribution in [0.15, 0.2) is 36.4 Å². The van der Waals surface area contributed by atoms with Crippen LogP contribution in [0.4, 0.5) is 10.2 Å². The van der Waals surface area contributed by atoms with Gasteiger partial charge in [0, 0.05) is 12.1 Å². The standard InChI is InChI=1S/C15H17FN2/c1-3-9-17-15-6-4-5-14(18-15)12-8-7-11(2)13(16)10-12/h4-8,10H,3,9H2,1-2H3,(H,17,18). The largest absolute Gasteiger partial charge is 0.370 e. The first kappa shape index (κ1) is 12.6. The topological polar surface area (TPSA) is 24.9 Å². The second-order valence-electron chi connectivity index (χ2n) is 4.30. The number of hydrogen-bond acceptors (Lipinski definition) is 2. The van der Waals surface area contributed by atoms with Crippen LogP contribution in [0.5, 0.6) is 0 Å². The Bertz CT molecular complexity index is 538. The number of nitrogens with zero attached hydrogens (tertiary/aromatic N) is 1. The van der Waals surface area contributed by atoms with Crippen molar-refractivity contribution in [3.05, 3.63) is 47.8 Å². The first-order valence-electron chi connectivity index (χ1n) is 6.18. The maximum absolute atomic E-state index is 13.5. The van der Waals surface area contributed by atoms with Crippen molar-refractivity contribution in [1.82, 2.24) is 4.98 Å². The summed E-state index contributed by atoms with van der Waals surface area (Å²) in [6.45, 7) is 4.75. The highest BCUT2D eigenvalue weighted by Gasteiger charge is 2.04. The first-order valence-corrected chi connectivity index (χ1v) is 6.18. The van der Waals surface area contributed by atoms with Crippen molar-refractivity contribution in [2.24, 2.45) is 0 Å². The molecule has 0 atom stereocenters. The molecule has 2 rings (SSSR count). The lowest BCUT2D eigenvalue weighted by Crippen LogP contribution is -2.02. The molecule has 0 amide bonds. The van der Waals surface area contributed by atoms with Gasteiger partial charge >= 0.3 is 0 Å². The SMILES string of the molecule is CCCNc1cccc(-c2ccc(C)c(F)c2)n1. The Balaban J connectivity index is 2.29. The lowest BCUT2D eigenvalue weighted by Gasteiger charge is -2.07. The molecule has 3 heteroatoms. The van der Waals surface area contributed by atoms with E-state index in [4.69, 9.17) is 0 Å². The fraction of sp³-hybridized carbons (Fsp3) is 0.267. The number of nitrogens with one attached hydrogen (secondary N) is 1. The number of aryl methyl sites for hydroxylation is 1. The van der Waals surface area contributed by atoms with Gasteiger partial charge in [0.1, 0.15) is 11.6 Å². The Kier molecular flexibility index (Phi) is 3.92. The lowest BCUT2D eigenvalue weighted by atomic mass is 10.1. The summed E-state index contributed by atoms with van der Waals surface area (Å²) in [6, 6.07) is 10.9. The van der Waals surface area contributed by atoms with Gasteiger partial charge in [0.05, 0.1) is 5.69 Å². The Morgan fingerprint density at radius 1 is 1.22 bits per heavy atom. The van der Waals surface area contributed by atoms with Gasteiger partial charge in [-0.3, -0.25) is 0 Å². The third-order valence-electron chi connectivity index (χ3n) is 2.77. The number of pyridine rings is 1. The average Bonchev–Trinajstić information content (AvgIpc) is 2.40. The van der Waals surface area contributed by atoms with E-state index in [0.29, 0.717) is 5.56 Å². The maximum Gasteiger partial charge on any atom is 0.126 e. The zero-order valence-corrected chi connectivity index (χ0v) is 10.7. The van der Waals surface area contributed by atoms with Crippen molar-refractivity contribution in [1.29, 1.82) is 0 Å². The van der Waals surface area contributed by atoms with E-state index in [2.05, 4.69) is 17.2 Å². The molecule has 0 radical (unpaired) electrons. The Hall–Kier alpha value is -1.90. The summed E-state index contributed by atoms with van der Waals surface area (Å²) >= 11 is 0. The second kappa shape index (κ2) is 5.63. The van der Waals surface area contributed by atoms with E-state index in [1.165, 1.54) is 6.07 Å². The van der Waals surface area contributed by atoms with E-state index >= 15 is 0 Å². The van der Waals surface area contributed by atoms with Gasteiger partial charge < -0.3 is 5.32 Å². The van der Waals surface area contributed by atoms with E-state index < -0.39 is 0 Å². The van der Waals surface area contributed by atoms with Crippen LogP contribution in [-0.4, -0.2) is 11.5 Å². The fourth-order valence-electron chi connectivity index (χ4n) is 1.70. The first-order chi connectivity index (χ1) is 8.70. The molecule has 0 unspecified atom stereocenters. The second-order valence-corrected chi connectivity index (χ2v) is 4.30. The van der Waals surface area contributed by atoms with Crippen molar-refractivity contribution in [3.63, 3.8) is 0 Å². The van der Waals surface area contributed by atoms with Crippen LogP contribution in [0.3, 0.4) is 0 Å². The highest BCUT2D eigenvalue weighted by molar-refractivity contribution is 5.61. The average molecular weight is 244 g/mol. The number of hydrogen-bond donors (Lipinski definition) is 1. The Morgan fingerprint density at radius 2 is 2.06 bits per heavy atom. The summed E-state index contributed by atoms with van der Waals surface area (Å²) in [5.41, 5.74) is 2.24. The number of anilines is 1. The smallest absolute Gasteiger partial charge is 0.126 e. The summed E-state index contributed by atoms with van der Waals surface area (Å²) in [5, 5.41) is 3.23. The summed E-state index contributed by atoms with van der Waals surface area (Å²) < 4.78 is 13.5. The van der Waals surface area contributed by atoms with E-state index in [1.807, 2.05) is 24.3 Å². The zero-order valence-electron chi connectivity index (χ0n) is 10.7. The third kappa shape index (κ3) is 2.86. The van der Waals surface area contributed by atoms with Crippen molar-refractivity contribution >= 4 is 5.82 Å². The summed E-state index contributed by atoms with van der Waals surface area (Å²) in [7, 11) is 0. The van der Waals surface area contributed by atoms with Gasteiger partial charge in [0.2, 0.25) is 0 Å². The molecule has 0 spiro atoms. The van der Waals surface area contributed by atoms with Gasteiger partial charge in [-0.1, -0.05) is 25.1 Å². The molecule has 1 aromatic heterocycles. The fourth-order valence-corrected chi connectivity index (χ4v) is 1.70. The molecule has 0 aliphatic carbocycles. The molecule has 0 aliphatic heterocycles. The number of rotatable bonds is 4. The zero-order chi connectivity index (χ0) is 13.0. The molecule has 18 heavy (non-hydrogen) atoms. The highest BCUT2D eigenvalue weighted by atomic mass is 19.1. The molecule has 0 bridgehead atoms. The minimum atomic E-state index is -0.193. The van der Waals surface area contributed by atoms with Crippen LogP contribution in [0.2, 0.25) is 0 Å². The lowest BCUT2D eigenvalue weighted by molar-refractivity contribution is 0.619. The van der Waals surface area contributed by atoms with Crippen molar-refractivity contribution in [2.45, 2.75) is 20.3 Å². The summed E-state index contributed by atoms with van der Waals surface area (Å²) in [5.74, 6) is 0.636. The van der Waals surface area contributed by atoms with E-state index in [0.717, 1.165) is 30.0 Å². The molecule has 1 N–H and O–H groups in total. The van der Waals surface area contributed by atoms with Gasteiger partial charge in [-0.15, -0.1) is 0 Å². The number of halogens is 1. The van der Waals surface area contributed by atoms with E-state index in [-0.39, 0.29) is 5.82 Å². The van der Waals surface area contributed by atoms with Crippen molar-refractivity contribution in [3.8, 4) is 11.3 Å². The van der Waals surface area contributed by atoms with Crippen LogP contribution in [0.25, 0.3) is 11.3 Å². The molecular weight excluding hydrogens is 227 g/mol. The molecule has 2 aromatic rings. The predicted molar refractivity (Wildman–Crippen MR) is 73.1 cm³/mol. The number of benzene rings is 1. The van der Waals surface area contributed by atoms with Gasteiger partial charge in [0.25, 0.3) is 0 Å². The quantitative estimate of drug-likeness (QED) is 0.878. The van der Waals surface area contributed by atoms with Crippen LogP contribution in [-0.2, 0) is 0 Å². The van der Waals surface area contributed by atoms with Gasteiger partial charge in [-0.2, -0.15) is 0 Å². The molecule has 1 aromatic carbocycles. The molecular formula is C15H17FN2. The van der Waals surface area contributed by atoms with Crippen LogP contribution in [0, 0.1) is 12.7 Å².